The lowest BCUT2D eigenvalue weighted by atomic mass is 10.1. The lowest BCUT2D eigenvalue weighted by molar-refractivity contribution is 0.246. The molecule has 1 saturated heterocycles. The molecule has 0 aromatic heterocycles. The van der Waals surface area contributed by atoms with Crippen molar-refractivity contribution < 1.29 is 8.42 Å². The summed E-state index contributed by atoms with van der Waals surface area (Å²) in [5.74, 6) is 0. The van der Waals surface area contributed by atoms with Gasteiger partial charge in [0.05, 0.1) is 0 Å². The molecule has 0 amide bonds. The zero-order chi connectivity index (χ0) is 13.4. The summed E-state index contributed by atoms with van der Waals surface area (Å²) < 4.78 is 28.8. The van der Waals surface area contributed by atoms with Crippen LogP contribution in [0.5, 0.6) is 0 Å². The van der Waals surface area contributed by atoms with Crippen molar-refractivity contribution in [2.45, 2.75) is 51.5 Å². The zero-order valence-corrected chi connectivity index (χ0v) is 12.4. The number of nitrogens with zero attached hydrogens (tertiary/aromatic N) is 1. The first kappa shape index (κ1) is 15.9. The highest BCUT2D eigenvalue weighted by atomic mass is 32.2. The minimum Gasteiger partial charge on any atom is -0.318 e. The van der Waals surface area contributed by atoms with Crippen LogP contribution in [0.1, 0.15) is 45.4 Å². The van der Waals surface area contributed by atoms with Gasteiger partial charge >= 0.3 is 0 Å². The van der Waals surface area contributed by atoms with Crippen LogP contribution in [-0.4, -0.2) is 45.4 Å². The van der Waals surface area contributed by atoms with E-state index in [0.717, 1.165) is 45.1 Å². The fraction of sp³-hybridized carbons (Fsp3) is 1.00. The van der Waals surface area contributed by atoms with E-state index in [4.69, 9.17) is 0 Å². The van der Waals surface area contributed by atoms with Crippen molar-refractivity contribution in [2.24, 2.45) is 0 Å². The quantitative estimate of drug-likeness (QED) is 0.653. The third-order valence-electron chi connectivity index (χ3n) is 3.39. The second kappa shape index (κ2) is 8.09. The summed E-state index contributed by atoms with van der Waals surface area (Å²) in [7, 11) is -1.42. The van der Waals surface area contributed by atoms with Gasteiger partial charge < -0.3 is 5.32 Å². The van der Waals surface area contributed by atoms with E-state index in [1.165, 1.54) is 0 Å². The normalized spacial score (nSPS) is 22.2. The third kappa shape index (κ3) is 4.84. The van der Waals surface area contributed by atoms with Gasteiger partial charge in [0.15, 0.2) is 0 Å². The van der Waals surface area contributed by atoms with E-state index in [1.807, 2.05) is 7.05 Å². The van der Waals surface area contributed by atoms with Gasteiger partial charge in [-0.05, 0) is 26.3 Å². The van der Waals surface area contributed by atoms with Crippen LogP contribution in [0.4, 0.5) is 0 Å². The molecule has 0 saturated carbocycles. The highest BCUT2D eigenvalue weighted by Crippen LogP contribution is 2.19. The maximum absolute atomic E-state index is 12.2. The van der Waals surface area contributed by atoms with Gasteiger partial charge in [0.2, 0.25) is 0 Å². The summed E-state index contributed by atoms with van der Waals surface area (Å²) in [6, 6.07) is 0.104. The molecule has 0 spiro atoms. The molecule has 1 fully saturated rings. The maximum Gasteiger partial charge on any atom is 0.279 e. The van der Waals surface area contributed by atoms with Crippen molar-refractivity contribution in [1.82, 2.24) is 14.3 Å². The molecular formula is C12H27N3O2S. The Morgan fingerprint density at radius 3 is 2.72 bits per heavy atom. The van der Waals surface area contributed by atoms with Crippen LogP contribution in [-0.2, 0) is 10.2 Å². The second-order valence-electron chi connectivity index (χ2n) is 4.92. The van der Waals surface area contributed by atoms with Crippen molar-refractivity contribution in [3.8, 4) is 0 Å². The van der Waals surface area contributed by atoms with Gasteiger partial charge in [-0.2, -0.15) is 12.7 Å². The Bertz CT molecular complexity index is 317. The van der Waals surface area contributed by atoms with E-state index >= 15 is 0 Å². The summed E-state index contributed by atoms with van der Waals surface area (Å²) in [5.41, 5.74) is 0. The van der Waals surface area contributed by atoms with Gasteiger partial charge in [-0.15, -0.1) is 0 Å². The topological polar surface area (TPSA) is 61.4 Å². The van der Waals surface area contributed by atoms with Crippen LogP contribution in [0, 0.1) is 0 Å². The largest absolute Gasteiger partial charge is 0.318 e. The van der Waals surface area contributed by atoms with Crippen LogP contribution >= 0.6 is 0 Å². The molecule has 0 aliphatic carbocycles. The molecule has 2 N–H and O–H groups in total. The van der Waals surface area contributed by atoms with Crippen molar-refractivity contribution in [1.29, 1.82) is 0 Å². The van der Waals surface area contributed by atoms with Crippen LogP contribution < -0.4 is 10.0 Å². The van der Waals surface area contributed by atoms with Crippen LogP contribution in [0.2, 0.25) is 0 Å². The lowest BCUT2D eigenvalue weighted by Crippen LogP contribution is -2.52. The molecule has 1 aliphatic rings. The Labute approximate surface area is 112 Å². The summed E-state index contributed by atoms with van der Waals surface area (Å²) in [6.07, 6.45) is 6.14. The van der Waals surface area contributed by atoms with E-state index in [-0.39, 0.29) is 6.04 Å². The average molecular weight is 277 g/mol. The van der Waals surface area contributed by atoms with E-state index in [1.54, 1.807) is 4.31 Å². The van der Waals surface area contributed by atoms with Gasteiger partial charge in [0, 0.05) is 25.7 Å². The number of likely N-dealkylation sites (N-methyl/N-ethyl adjacent to an activating group) is 1. The van der Waals surface area contributed by atoms with Gasteiger partial charge in [-0.1, -0.05) is 26.2 Å². The molecule has 18 heavy (non-hydrogen) atoms. The number of rotatable bonds is 8. The Morgan fingerprint density at radius 1 is 1.28 bits per heavy atom. The van der Waals surface area contributed by atoms with E-state index < -0.39 is 10.2 Å². The Morgan fingerprint density at radius 2 is 2.06 bits per heavy atom. The van der Waals surface area contributed by atoms with Crippen molar-refractivity contribution in [3.05, 3.63) is 0 Å². The van der Waals surface area contributed by atoms with Gasteiger partial charge in [0.1, 0.15) is 0 Å². The summed E-state index contributed by atoms with van der Waals surface area (Å²) in [6.45, 7) is 4.05. The van der Waals surface area contributed by atoms with Crippen LogP contribution in [0.3, 0.4) is 0 Å². The molecule has 1 heterocycles. The molecule has 1 aliphatic heterocycles. The Kier molecular flexibility index (Phi) is 7.14. The summed E-state index contributed by atoms with van der Waals surface area (Å²) in [4.78, 5) is 0. The molecule has 0 aromatic rings. The second-order valence-corrected chi connectivity index (χ2v) is 6.63. The fourth-order valence-electron chi connectivity index (χ4n) is 2.39. The number of hydrogen-bond donors (Lipinski definition) is 2. The molecule has 5 nitrogen and oxygen atoms in total. The first-order chi connectivity index (χ1) is 8.61. The molecular weight excluding hydrogens is 250 g/mol. The molecule has 0 radical (unpaired) electrons. The number of hydrogen-bond acceptors (Lipinski definition) is 3. The Balaban J connectivity index is 2.52. The summed E-state index contributed by atoms with van der Waals surface area (Å²) in [5, 5.41) is 3.08. The van der Waals surface area contributed by atoms with Crippen molar-refractivity contribution >= 4 is 10.2 Å². The molecule has 6 heteroatoms. The maximum atomic E-state index is 12.2. The van der Waals surface area contributed by atoms with E-state index in [9.17, 15) is 8.42 Å². The zero-order valence-electron chi connectivity index (χ0n) is 11.6. The van der Waals surface area contributed by atoms with Crippen LogP contribution in [0.25, 0.3) is 0 Å². The van der Waals surface area contributed by atoms with Crippen molar-refractivity contribution in [3.63, 3.8) is 0 Å². The van der Waals surface area contributed by atoms with Gasteiger partial charge in [-0.25, -0.2) is 4.72 Å². The Hall–Kier alpha value is -0.170. The first-order valence-electron chi connectivity index (χ1n) is 7.03. The van der Waals surface area contributed by atoms with E-state index in [0.29, 0.717) is 13.1 Å². The number of piperidine rings is 1. The monoisotopic (exact) mass is 277 g/mol. The smallest absolute Gasteiger partial charge is 0.279 e. The highest BCUT2D eigenvalue weighted by molar-refractivity contribution is 7.87. The molecule has 0 bridgehead atoms. The van der Waals surface area contributed by atoms with Crippen LogP contribution in [0.15, 0.2) is 0 Å². The minimum absolute atomic E-state index is 0.104. The predicted octanol–water partition coefficient (Wildman–Crippen LogP) is 1.08. The number of unbranched alkanes of at least 4 members (excludes halogenated alkanes) is 2. The third-order valence-corrected chi connectivity index (χ3v) is 5.05. The van der Waals surface area contributed by atoms with Gasteiger partial charge in [0.25, 0.3) is 10.2 Å². The standard InChI is InChI=1S/C12H27N3O2S/c1-3-4-6-9-14-18(16,17)15-10-7-5-8-12(15)11-13-2/h12-14H,3-11H2,1-2H3. The first-order valence-corrected chi connectivity index (χ1v) is 8.47. The molecule has 0 aromatic carbocycles. The van der Waals surface area contributed by atoms with E-state index in [2.05, 4.69) is 17.0 Å². The summed E-state index contributed by atoms with van der Waals surface area (Å²) >= 11 is 0. The lowest BCUT2D eigenvalue weighted by Gasteiger charge is -2.34. The van der Waals surface area contributed by atoms with Gasteiger partial charge in [-0.3, -0.25) is 0 Å². The molecule has 1 rings (SSSR count). The molecule has 108 valence electrons. The van der Waals surface area contributed by atoms with Crippen molar-refractivity contribution in [2.75, 3.05) is 26.7 Å². The predicted molar refractivity (Wildman–Crippen MR) is 74.7 cm³/mol. The average Bonchev–Trinajstić information content (AvgIpc) is 2.36. The molecule has 1 atom stereocenters. The SMILES string of the molecule is CCCCCNS(=O)(=O)N1CCCCC1CNC. The number of nitrogens with one attached hydrogen (secondary N) is 2. The molecule has 1 unspecified atom stereocenters. The fourth-order valence-corrected chi connectivity index (χ4v) is 3.90. The highest BCUT2D eigenvalue weighted by Gasteiger charge is 2.31. The minimum atomic E-state index is -3.29.